The molecule has 110 valence electrons. The second-order valence-corrected chi connectivity index (χ2v) is 4.80. The summed E-state index contributed by atoms with van der Waals surface area (Å²) in [7, 11) is 4.90. The monoisotopic (exact) mass is 289 g/mol. The molecule has 9 heteroatoms. The lowest BCUT2D eigenvalue weighted by Crippen LogP contribution is -2.36. The SMILES string of the molecule is Cn1ccnc1CNc1nc2c([nH]1)c(=O)n(C)c(=O)n2C. The summed E-state index contributed by atoms with van der Waals surface area (Å²) in [5.41, 5.74) is -0.187. The number of imidazole rings is 2. The fraction of sp³-hybridized carbons (Fsp3) is 0.333. The van der Waals surface area contributed by atoms with E-state index in [2.05, 4.69) is 20.3 Å². The minimum Gasteiger partial charge on any atom is -0.349 e. The lowest BCUT2D eigenvalue weighted by molar-refractivity contribution is 0.709. The van der Waals surface area contributed by atoms with Crippen LogP contribution in [0, 0.1) is 0 Å². The Morgan fingerprint density at radius 3 is 2.67 bits per heavy atom. The molecule has 0 aliphatic rings. The van der Waals surface area contributed by atoms with Gasteiger partial charge in [-0.15, -0.1) is 0 Å². The lowest BCUT2D eigenvalue weighted by atomic mass is 10.5. The van der Waals surface area contributed by atoms with Crippen LogP contribution in [0.1, 0.15) is 5.82 Å². The van der Waals surface area contributed by atoms with Gasteiger partial charge >= 0.3 is 5.69 Å². The van der Waals surface area contributed by atoms with Crippen molar-refractivity contribution in [3.05, 3.63) is 39.1 Å². The van der Waals surface area contributed by atoms with E-state index in [0.29, 0.717) is 23.7 Å². The maximum Gasteiger partial charge on any atom is 0.332 e. The summed E-state index contributed by atoms with van der Waals surface area (Å²) in [5.74, 6) is 1.25. The first-order chi connectivity index (χ1) is 9.99. The second-order valence-electron chi connectivity index (χ2n) is 4.80. The van der Waals surface area contributed by atoms with E-state index in [1.807, 2.05) is 17.8 Å². The van der Waals surface area contributed by atoms with Crippen molar-refractivity contribution in [3.8, 4) is 0 Å². The number of hydrogen-bond acceptors (Lipinski definition) is 5. The topological polar surface area (TPSA) is 103 Å². The molecule has 3 heterocycles. The van der Waals surface area contributed by atoms with Crippen molar-refractivity contribution in [1.29, 1.82) is 0 Å². The second kappa shape index (κ2) is 4.62. The number of H-pyrrole nitrogens is 1. The molecule has 3 aromatic rings. The van der Waals surface area contributed by atoms with E-state index < -0.39 is 11.2 Å². The van der Waals surface area contributed by atoms with Gasteiger partial charge < -0.3 is 14.9 Å². The van der Waals surface area contributed by atoms with Crippen LogP contribution in [-0.4, -0.2) is 28.7 Å². The average molecular weight is 289 g/mol. The molecule has 0 radical (unpaired) electrons. The molecule has 0 unspecified atom stereocenters. The van der Waals surface area contributed by atoms with Crippen molar-refractivity contribution in [1.82, 2.24) is 28.7 Å². The highest BCUT2D eigenvalue weighted by Crippen LogP contribution is 2.09. The standard InChI is InChI=1S/C12H15N7O2/c1-17-5-4-13-7(17)6-14-11-15-8-9(16-11)18(2)12(21)19(3)10(8)20/h4-5H,6H2,1-3H3,(H2,14,15,16). The molecule has 21 heavy (non-hydrogen) atoms. The Morgan fingerprint density at radius 1 is 1.24 bits per heavy atom. The summed E-state index contributed by atoms with van der Waals surface area (Å²) in [5, 5.41) is 3.06. The zero-order valence-electron chi connectivity index (χ0n) is 11.9. The molecule has 0 fully saturated rings. The van der Waals surface area contributed by atoms with Crippen LogP contribution in [-0.2, 0) is 27.7 Å². The summed E-state index contributed by atoms with van der Waals surface area (Å²) < 4.78 is 4.26. The van der Waals surface area contributed by atoms with E-state index >= 15 is 0 Å². The maximum absolute atomic E-state index is 12.0. The summed E-state index contributed by atoms with van der Waals surface area (Å²) in [6.45, 7) is 0.456. The molecule has 0 aliphatic carbocycles. The molecule has 0 bridgehead atoms. The Labute approximate surface area is 118 Å². The van der Waals surface area contributed by atoms with Gasteiger partial charge in [0.2, 0.25) is 5.95 Å². The van der Waals surface area contributed by atoms with Crippen LogP contribution in [0.4, 0.5) is 5.95 Å². The van der Waals surface area contributed by atoms with Crippen LogP contribution in [0.2, 0.25) is 0 Å². The minimum atomic E-state index is -0.408. The summed E-state index contributed by atoms with van der Waals surface area (Å²) in [4.78, 5) is 35.2. The number of fused-ring (bicyclic) bond motifs is 1. The molecule has 2 N–H and O–H groups in total. The van der Waals surface area contributed by atoms with E-state index in [0.717, 1.165) is 10.4 Å². The van der Waals surface area contributed by atoms with Gasteiger partial charge in [0.25, 0.3) is 5.56 Å². The van der Waals surface area contributed by atoms with E-state index in [9.17, 15) is 9.59 Å². The fourth-order valence-corrected chi connectivity index (χ4v) is 2.14. The first-order valence-corrected chi connectivity index (χ1v) is 6.35. The first-order valence-electron chi connectivity index (χ1n) is 6.35. The molecule has 0 aliphatic heterocycles. The molecule has 0 amide bonds. The third kappa shape index (κ3) is 2.02. The molecular weight excluding hydrogens is 274 g/mol. The van der Waals surface area contributed by atoms with Crippen LogP contribution in [0.5, 0.6) is 0 Å². The first kappa shape index (κ1) is 13.2. The zero-order chi connectivity index (χ0) is 15.1. The highest BCUT2D eigenvalue weighted by Gasteiger charge is 2.13. The lowest BCUT2D eigenvalue weighted by Gasteiger charge is -2.02. The van der Waals surface area contributed by atoms with Gasteiger partial charge in [0, 0.05) is 33.5 Å². The number of aromatic nitrogens is 6. The van der Waals surface area contributed by atoms with Gasteiger partial charge in [-0.2, -0.15) is 4.98 Å². The predicted molar refractivity (Wildman–Crippen MR) is 77.1 cm³/mol. The van der Waals surface area contributed by atoms with Gasteiger partial charge in [0.05, 0.1) is 6.54 Å². The van der Waals surface area contributed by atoms with Gasteiger partial charge in [-0.05, 0) is 0 Å². The van der Waals surface area contributed by atoms with Crippen molar-refractivity contribution in [2.24, 2.45) is 21.1 Å². The van der Waals surface area contributed by atoms with Crippen molar-refractivity contribution < 1.29 is 0 Å². The molecule has 0 atom stereocenters. The Bertz CT molecular complexity index is 927. The Kier molecular flexibility index (Phi) is 2.89. The molecule has 3 rings (SSSR count). The number of nitrogens with zero attached hydrogens (tertiary/aromatic N) is 5. The van der Waals surface area contributed by atoms with Crippen molar-refractivity contribution in [3.63, 3.8) is 0 Å². The number of anilines is 1. The summed E-state index contributed by atoms with van der Waals surface area (Å²) in [6.07, 6.45) is 3.55. The quantitative estimate of drug-likeness (QED) is 0.664. The Morgan fingerprint density at radius 2 is 2.00 bits per heavy atom. The van der Waals surface area contributed by atoms with Crippen molar-refractivity contribution >= 4 is 17.1 Å². The van der Waals surface area contributed by atoms with E-state index in [4.69, 9.17) is 0 Å². The number of nitrogens with one attached hydrogen (secondary N) is 2. The highest BCUT2D eigenvalue weighted by atomic mass is 16.2. The minimum absolute atomic E-state index is 0.293. The third-order valence-electron chi connectivity index (χ3n) is 3.43. The number of aromatic amines is 1. The predicted octanol–water partition coefficient (Wildman–Crippen LogP) is -0.694. The summed E-state index contributed by atoms with van der Waals surface area (Å²) in [6, 6.07) is 0. The highest BCUT2D eigenvalue weighted by molar-refractivity contribution is 5.72. The molecule has 3 aromatic heterocycles. The molecule has 0 saturated heterocycles. The third-order valence-corrected chi connectivity index (χ3v) is 3.43. The van der Waals surface area contributed by atoms with Crippen molar-refractivity contribution in [2.75, 3.05) is 5.32 Å². The van der Waals surface area contributed by atoms with Crippen LogP contribution < -0.4 is 16.6 Å². The fourth-order valence-electron chi connectivity index (χ4n) is 2.14. The molecule has 9 nitrogen and oxygen atoms in total. The van der Waals surface area contributed by atoms with Gasteiger partial charge in [0.15, 0.2) is 11.2 Å². The van der Waals surface area contributed by atoms with E-state index in [1.54, 1.807) is 13.2 Å². The van der Waals surface area contributed by atoms with E-state index in [1.165, 1.54) is 11.6 Å². The number of aryl methyl sites for hydroxylation is 2. The van der Waals surface area contributed by atoms with Gasteiger partial charge in [-0.25, -0.2) is 9.78 Å². The largest absolute Gasteiger partial charge is 0.349 e. The Hall–Kier alpha value is -2.84. The van der Waals surface area contributed by atoms with Gasteiger partial charge in [-0.1, -0.05) is 0 Å². The van der Waals surface area contributed by atoms with Gasteiger partial charge in [-0.3, -0.25) is 13.9 Å². The molecule has 0 aromatic carbocycles. The molecule has 0 saturated carbocycles. The van der Waals surface area contributed by atoms with Gasteiger partial charge in [0.1, 0.15) is 5.82 Å². The average Bonchev–Trinajstić information content (AvgIpc) is 3.07. The number of rotatable bonds is 3. The van der Waals surface area contributed by atoms with Crippen molar-refractivity contribution in [2.45, 2.75) is 6.54 Å². The smallest absolute Gasteiger partial charge is 0.332 e. The normalized spacial score (nSPS) is 11.2. The van der Waals surface area contributed by atoms with E-state index in [-0.39, 0.29) is 0 Å². The van der Waals surface area contributed by atoms with Crippen LogP contribution in [0.3, 0.4) is 0 Å². The maximum atomic E-state index is 12.0. The van der Waals surface area contributed by atoms with Crippen LogP contribution in [0.15, 0.2) is 22.0 Å². The van der Waals surface area contributed by atoms with Crippen LogP contribution >= 0.6 is 0 Å². The summed E-state index contributed by atoms with van der Waals surface area (Å²) >= 11 is 0. The zero-order valence-corrected chi connectivity index (χ0v) is 11.9. The molecule has 0 spiro atoms. The Balaban J connectivity index is 2.00. The molecular formula is C12H15N7O2. The van der Waals surface area contributed by atoms with Crippen LogP contribution in [0.25, 0.3) is 11.2 Å². The number of hydrogen-bond donors (Lipinski definition) is 2.